The van der Waals surface area contributed by atoms with Gasteiger partial charge in [-0.25, -0.2) is 0 Å². The Morgan fingerprint density at radius 2 is 1.46 bits per heavy atom. The average molecular weight is 368 g/mol. The number of nitrogens with one attached hydrogen (secondary N) is 1. The molecule has 0 bridgehead atoms. The SMILES string of the molecule is N[C@@H](Cc1c[nH]c2ccccc12)C(=O)OB(c1ccccc1)c1ccccc1. The molecule has 28 heavy (non-hydrogen) atoms. The lowest BCUT2D eigenvalue weighted by Gasteiger charge is -2.18. The van der Waals surface area contributed by atoms with Gasteiger partial charge in [0.2, 0.25) is 0 Å². The van der Waals surface area contributed by atoms with E-state index in [1.807, 2.05) is 91.1 Å². The van der Waals surface area contributed by atoms with E-state index in [-0.39, 0.29) is 0 Å². The van der Waals surface area contributed by atoms with Crippen LogP contribution in [0.4, 0.5) is 0 Å². The molecular formula is C23H21BN2O2. The zero-order valence-corrected chi connectivity index (χ0v) is 15.4. The summed E-state index contributed by atoms with van der Waals surface area (Å²) in [7, 11) is 0. The zero-order chi connectivity index (χ0) is 19.3. The Balaban J connectivity index is 1.54. The predicted molar refractivity (Wildman–Crippen MR) is 114 cm³/mol. The van der Waals surface area contributed by atoms with Gasteiger partial charge in [0, 0.05) is 23.5 Å². The van der Waals surface area contributed by atoms with E-state index >= 15 is 0 Å². The third kappa shape index (κ3) is 3.85. The quantitative estimate of drug-likeness (QED) is 0.514. The number of benzene rings is 3. The highest BCUT2D eigenvalue weighted by Crippen LogP contribution is 2.19. The zero-order valence-electron chi connectivity index (χ0n) is 15.4. The fourth-order valence-corrected chi connectivity index (χ4v) is 3.41. The predicted octanol–water partition coefficient (Wildman–Crippen LogP) is 2.39. The van der Waals surface area contributed by atoms with Crippen LogP contribution < -0.4 is 16.7 Å². The van der Waals surface area contributed by atoms with Crippen molar-refractivity contribution in [3.63, 3.8) is 0 Å². The Hall–Kier alpha value is -3.31. The maximum Gasteiger partial charge on any atom is 0.429 e. The molecule has 0 spiro atoms. The van der Waals surface area contributed by atoms with Crippen LogP contribution in [0.5, 0.6) is 0 Å². The fraction of sp³-hybridized carbons (Fsp3) is 0.0870. The highest BCUT2D eigenvalue weighted by Gasteiger charge is 2.28. The standard InChI is InChI=1S/C23H21BN2O2/c25-21(15-17-16-26-22-14-8-7-13-20(17)22)23(27)28-24(18-9-3-1-4-10-18)19-11-5-2-6-12-19/h1-14,16,21,26H,15,25H2/t21-/m0/s1. The number of carbonyl (C=O) groups excluding carboxylic acids is 1. The van der Waals surface area contributed by atoms with Crippen molar-refractivity contribution in [1.29, 1.82) is 0 Å². The minimum atomic E-state index is -0.742. The van der Waals surface area contributed by atoms with Gasteiger partial charge in [-0.2, -0.15) is 0 Å². The van der Waals surface area contributed by atoms with E-state index in [1.165, 1.54) is 0 Å². The van der Waals surface area contributed by atoms with Crippen LogP contribution in [-0.4, -0.2) is 23.9 Å². The van der Waals surface area contributed by atoms with Crippen LogP contribution in [0.1, 0.15) is 5.56 Å². The van der Waals surface area contributed by atoms with Crippen molar-refractivity contribution in [3.05, 3.63) is 96.7 Å². The molecule has 0 aliphatic carbocycles. The second kappa shape index (κ2) is 8.15. The first-order valence-corrected chi connectivity index (χ1v) is 9.33. The number of H-pyrrole nitrogens is 1. The molecule has 0 fully saturated rings. The number of carbonyl (C=O) groups is 1. The summed E-state index contributed by atoms with van der Waals surface area (Å²) in [5, 5.41) is 1.08. The number of hydrogen-bond donors (Lipinski definition) is 2. The molecule has 4 nitrogen and oxygen atoms in total. The maximum atomic E-state index is 12.8. The van der Waals surface area contributed by atoms with E-state index in [2.05, 4.69) is 4.98 Å². The van der Waals surface area contributed by atoms with Gasteiger partial charge < -0.3 is 15.4 Å². The molecule has 1 aromatic heterocycles. The summed E-state index contributed by atoms with van der Waals surface area (Å²) in [5.41, 5.74) is 10.1. The number of aromatic amines is 1. The van der Waals surface area contributed by atoms with E-state index in [0.29, 0.717) is 6.42 Å². The molecule has 0 aliphatic heterocycles. The Morgan fingerprint density at radius 1 is 0.893 bits per heavy atom. The summed E-state index contributed by atoms with van der Waals surface area (Å²) in [6.07, 6.45) is 2.32. The van der Waals surface area contributed by atoms with Gasteiger partial charge in [-0.3, -0.25) is 4.79 Å². The first-order valence-electron chi connectivity index (χ1n) is 9.33. The van der Waals surface area contributed by atoms with Gasteiger partial charge in [0.15, 0.2) is 0 Å². The normalized spacial score (nSPS) is 11.9. The number of fused-ring (bicyclic) bond motifs is 1. The van der Waals surface area contributed by atoms with E-state index < -0.39 is 18.9 Å². The third-order valence-corrected chi connectivity index (χ3v) is 4.86. The summed E-state index contributed by atoms with van der Waals surface area (Å²) in [4.78, 5) is 16.0. The van der Waals surface area contributed by atoms with Crippen molar-refractivity contribution in [2.24, 2.45) is 5.73 Å². The minimum absolute atomic E-state index is 0.414. The van der Waals surface area contributed by atoms with Crippen LogP contribution in [0.2, 0.25) is 0 Å². The molecule has 0 saturated heterocycles. The number of rotatable bonds is 6. The van der Waals surface area contributed by atoms with Gasteiger partial charge in [0.05, 0.1) is 0 Å². The minimum Gasteiger partial charge on any atom is -0.525 e. The van der Waals surface area contributed by atoms with Crippen molar-refractivity contribution >= 4 is 34.7 Å². The summed E-state index contributed by atoms with van der Waals surface area (Å²) < 4.78 is 5.87. The van der Waals surface area contributed by atoms with Crippen molar-refractivity contribution in [3.8, 4) is 0 Å². The lowest BCUT2D eigenvalue weighted by Crippen LogP contribution is -2.49. The fourth-order valence-electron chi connectivity index (χ4n) is 3.41. The highest BCUT2D eigenvalue weighted by atomic mass is 16.5. The maximum absolute atomic E-state index is 12.8. The molecule has 5 heteroatoms. The molecule has 138 valence electrons. The molecule has 0 amide bonds. The van der Waals surface area contributed by atoms with Crippen LogP contribution in [0, 0.1) is 0 Å². The molecule has 3 aromatic carbocycles. The molecule has 4 rings (SSSR count). The van der Waals surface area contributed by atoms with Gasteiger partial charge in [-0.1, -0.05) is 78.9 Å². The van der Waals surface area contributed by atoms with Crippen molar-refractivity contribution in [1.82, 2.24) is 4.98 Å². The van der Waals surface area contributed by atoms with Crippen molar-refractivity contribution < 1.29 is 9.45 Å². The lowest BCUT2D eigenvalue weighted by molar-refractivity contribution is -0.135. The number of aromatic nitrogens is 1. The first kappa shape index (κ1) is 18.1. The number of hydrogen-bond acceptors (Lipinski definition) is 3. The van der Waals surface area contributed by atoms with Gasteiger partial charge in [-0.05, 0) is 22.6 Å². The molecule has 0 aliphatic rings. The van der Waals surface area contributed by atoms with E-state index in [9.17, 15) is 4.79 Å². The van der Waals surface area contributed by atoms with Crippen LogP contribution >= 0.6 is 0 Å². The summed E-state index contributed by atoms with van der Waals surface area (Å²) in [5.74, 6) is -0.414. The Kier molecular flexibility index (Phi) is 5.26. The number of nitrogens with two attached hydrogens (primary N) is 1. The van der Waals surface area contributed by atoms with Gasteiger partial charge in [0.25, 0.3) is 0 Å². The van der Waals surface area contributed by atoms with Crippen LogP contribution in [0.3, 0.4) is 0 Å². The number of para-hydroxylation sites is 1. The lowest BCUT2D eigenvalue weighted by atomic mass is 9.55. The Labute approximate surface area is 164 Å². The molecule has 4 aromatic rings. The van der Waals surface area contributed by atoms with Gasteiger partial charge >= 0.3 is 12.9 Å². The average Bonchev–Trinajstić information content (AvgIpc) is 3.16. The van der Waals surface area contributed by atoms with Crippen molar-refractivity contribution in [2.75, 3.05) is 0 Å². The van der Waals surface area contributed by atoms with Gasteiger partial charge in [0.1, 0.15) is 6.04 Å². The molecular weight excluding hydrogens is 347 g/mol. The van der Waals surface area contributed by atoms with Crippen LogP contribution in [0.25, 0.3) is 10.9 Å². The molecule has 3 N–H and O–H groups in total. The monoisotopic (exact) mass is 368 g/mol. The van der Waals surface area contributed by atoms with Crippen LogP contribution in [0.15, 0.2) is 91.1 Å². The van der Waals surface area contributed by atoms with Crippen LogP contribution in [-0.2, 0) is 15.9 Å². The topological polar surface area (TPSA) is 68.1 Å². The summed E-state index contributed by atoms with van der Waals surface area (Å²) in [6, 6.07) is 26.7. The van der Waals surface area contributed by atoms with Crippen molar-refractivity contribution in [2.45, 2.75) is 12.5 Å². The van der Waals surface area contributed by atoms with Gasteiger partial charge in [-0.15, -0.1) is 0 Å². The van der Waals surface area contributed by atoms with E-state index in [1.54, 1.807) is 0 Å². The molecule has 0 radical (unpaired) electrons. The smallest absolute Gasteiger partial charge is 0.429 e. The first-order chi connectivity index (χ1) is 13.7. The molecule has 0 saturated carbocycles. The van der Waals surface area contributed by atoms with E-state index in [0.717, 1.165) is 27.4 Å². The molecule has 1 heterocycles. The largest absolute Gasteiger partial charge is 0.525 e. The summed E-state index contributed by atoms with van der Waals surface area (Å²) in [6.45, 7) is -0.482. The Morgan fingerprint density at radius 3 is 2.11 bits per heavy atom. The Bertz CT molecular complexity index is 1020. The van der Waals surface area contributed by atoms with E-state index in [4.69, 9.17) is 10.4 Å². The second-order valence-electron chi connectivity index (χ2n) is 6.81. The second-order valence-corrected chi connectivity index (χ2v) is 6.81. The highest BCUT2D eigenvalue weighted by molar-refractivity contribution is 6.81. The third-order valence-electron chi connectivity index (χ3n) is 4.86. The molecule has 0 unspecified atom stereocenters. The summed E-state index contributed by atoms with van der Waals surface area (Å²) >= 11 is 0. The molecule has 1 atom stereocenters.